The van der Waals surface area contributed by atoms with Gasteiger partial charge < -0.3 is 0 Å². The van der Waals surface area contributed by atoms with Gasteiger partial charge in [-0.05, 0) is 26.0 Å². The van der Waals surface area contributed by atoms with Crippen LogP contribution in [0.15, 0.2) is 22.3 Å². The number of hydrogen-bond acceptors (Lipinski definition) is 6. The Balaban J connectivity index is 1.75. The summed E-state index contributed by atoms with van der Waals surface area (Å²) in [5.41, 5.74) is 6.53. The van der Waals surface area contributed by atoms with Gasteiger partial charge in [0.25, 0.3) is 11.8 Å². The molecule has 0 saturated carbocycles. The van der Waals surface area contributed by atoms with E-state index in [-0.39, 0.29) is 11.4 Å². The van der Waals surface area contributed by atoms with E-state index in [0.717, 1.165) is 11.4 Å². The second-order valence-electron chi connectivity index (χ2n) is 4.31. The number of amides is 2. The first-order chi connectivity index (χ1) is 10.6. The molecule has 4 N–H and O–H groups in total. The van der Waals surface area contributed by atoms with Crippen molar-refractivity contribution in [2.45, 2.75) is 13.8 Å². The quantitative estimate of drug-likeness (QED) is 0.451. The summed E-state index contributed by atoms with van der Waals surface area (Å²) in [6.07, 6.45) is 2.43. The van der Waals surface area contributed by atoms with E-state index in [1.54, 1.807) is 26.0 Å². The number of H-pyrrole nitrogens is 2. The standard InChI is InChI=1S/C12H14N8O2/c1-7-5-9(17-15-7)11(21)19-13-3-4-14-20-12(22)10-6-8(2)16-18-10/h3-6H,1-2H3,(H,15,17)(H,16,18)(H,19,21)(H,20,22)/b13-3-,14-4-. The third-order valence-corrected chi connectivity index (χ3v) is 2.43. The molecule has 2 heterocycles. The summed E-state index contributed by atoms with van der Waals surface area (Å²) in [5.74, 6) is -0.907. The van der Waals surface area contributed by atoms with Gasteiger partial charge in [-0.1, -0.05) is 0 Å². The van der Waals surface area contributed by atoms with Gasteiger partial charge in [0.05, 0.1) is 12.4 Å². The second kappa shape index (κ2) is 6.92. The predicted octanol–water partition coefficient (Wildman–Crippen LogP) is -0.119. The van der Waals surface area contributed by atoms with Crippen LogP contribution in [-0.4, -0.2) is 44.6 Å². The van der Waals surface area contributed by atoms with E-state index in [2.05, 4.69) is 41.4 Å². The molecule has 0 unspecified atom stereocenters. The summed E-state index contributed by atoms with van der Waals surface area (Å²) in [7, 11) is 0. The second-order valence-corrected chi connectivity index (χ2v) is 4.31. The van der Waals surface area contributed by atoms with Crippen LogP contribution in [0.3, 0.4) is 0 Å². The fraction of sp³-hybridized carbons (Fsp3) is 0.167. The van der Waals surface area contributed by atoms with Gasteiger partial charge in [0, 0.05) is 11.4 Å². The number of aryl methyl sites for hydroxylation is 2. The number of carbonyl (C=O) groups is 2. The molecular formula is C12H14N8O2. The van der Waals surface area contributed by atoms with Crippen molar-refractivity contribution < 1.29 is 9.59 Å². The van der Waals surface area contributed by atoms with Crippen LogP contribution in [0.5, 0.6) is 0 Å². The topological polar surface area (TPSA) is 140 Å². The zero-order valence-electron chi connectivity index (χ0n) is 11.9. The molecule has 0 spiro atoms. The molecule has 0 atom stereocenters. The number of aromatic amines is 2. The average molecular weight is 302 g/mol. The molecule has 0 bridgehead atoms. The van der Waals surface area contributed by atoms with Gasteiger partial charge in [0.1, 0.15) is 0 Å². The molecule has 2 aromatic heterocycles. The Morgan fingerprint density at radius 1 is 0.955 bits per heavy atom. The largest absolute Gasteiger partial charge is 0.291 e. The van der Waals surface area contributed by atoms with Crippen LogP contribution in [0.1, 0.15) is 32.4 Å². The maximum atomic E-state index is 11.6. The van der Waals surface area contributed by atoms with Crippen LogP contribution >= 0.6 is 0 Å². The number of nitrogens with zero attached hydrogens (tertiary/aromatic N) is 4. The molecule has 2 rings (SSSR count). The van der Waals surface area contributed by atoms with Crippen molar-refractivity contribution in [1.29, 1.82) is 0 Å². The van der Waals surface area contributed by atoms with Crippen LogP contribution in [-0.2, 0) is 0 Å². The fourth-order valence-electron chi connectivity index (χ4n) is 1.44. The summed E-state index contributed by atoms with van der Waals surface area (Å²) in [4.78, 5) is 23.1. The first kappa shape index (κ1) is 15.1. The molecule has 0 aliphatic rings. The van der Waals surface area contributed by atoms with Gasteiger partial charge in [-0.2, -0.15) is 20.4 Å². The molecule has 2 amide bonds. The van der Waals surface area contributed by atoms with Crippen molar-refractivity contribution in [3.8, 4) is 0 Å². The number of carbonyl (C=O) groups excluding carboxylic acids is 2. The Morgan fingerprint density at radius 2 is 1.36 bits per heavy atom. The summed E-state index contributed by atoms with van der Waals surface area (Å²) in [5, 5.41) is 20.1. The normalized spacial score (nSPS) is 11.2. The van der Waals surface area contributed by atoms with Crippen molar-refractivity contribution in [2.24, 2.45) is 10.2 Å². The summed E-state index contributed by atoms with van der Waals surface area (Å²) in [6, 6.07) is 3.18. The maximum absolute atomic E-state index is 11.6. The van der Waals surface area contributed by atoms with Crippen LogP contribution in [0.25, 0.3) is 0 Å². The van der Waals surface area contributed by atoms with Crippen LogP contribution in [0, 0.1) is 13.8 Å². The van der Waals surface area contributed by atoms with Gasteiger partial charge in [-0.25, -0.2) is 10.9 Å². The Kier molecular flexibility index (Phi) is 4.75. The van der Waals surface area contributed by atoms with Crippen molar-refractivity contribution >= 4 is 24.2 Å². The molecule has 0 aliphatic heterocycles. The van der Waals surface area contributed by atoms with Gasteiger partial charge >= 0.3 is 0 Å². The summed E-state index contributed by atoms with van der Waals surface area (Å²) in [6.45, 7) is 3.56. The van der Waals surface area contributed by atoms with E-state index in [1.807, 2.05) is 0 Å². The van der Waals surface area contributed by atoms with E-state index in [1.165, 1.54) is 12.4 Å². The Hall–Kier alpha value is -3.30. The summed E-state index contributed by atoms with van der Waals surface area (Å²) < 4.78 is 0. The van der Waals surface area contributed by atoms with Gasteiger partial charge in [0.15, 0.2) is 11.4 Å². The zero-order chi connectivity index (χ0) is 15.9. The molecule has 10 heteroatoms. The highest BCUT2D eigenvalue weighted by Gasteiger charge is 2.07. The zero-order valence-corrected chi connectivity index (χ0v) is 11.9. The average Bonchev–Trinajstić information content (AvgIpc) is 3.11. The predicted molar refractivity (Wildman–Crippen MR) is 78.6 cm³/mol. The molecule has 22 heavy (non-hydrogen) atoms. The number of hydrogen-bond donors (Lipinski definition) is 4. The smallest absolute Gasteiger partial charge is 0.282 e. The lowest BCUT2D eigenvalue weighted by Gasteiger charge is -1.93. The SMILES string of the molecule is Cc1cc(C(=O)N/N=C\C=N/NC(=O)c2cc(C)[nH]n2)n[nH]1. The van der Waals surface area contributed by atoms with Crippen molar-refractivity contribution in [3.63, 3.8) is 0 Å². The van der Waals surface area contributed by atoms with E-state index < -0.39 is 11.8 Å². The maximum Gasteiger partial charge on any atom is 0.291 e. The van der Waals surface area contributed by atoms with E-state index >= 15 is 0 Å². The van der Waals surface area contributed by atoms with Crippen molar-refractivity contribution in [3.05, 3.63) is 34.9 Å². The highest BCUT2D eigenvalue weighted by Crippen LogP contribution is 1.97. The van der Waals surface area contributed by atoms with Gasteiger partial charge in [0.2, 0.25) is 0 Å². The number of aromatic nitrogens is 4. The van der Waals surface area contributed by atoms with Crippen LogP contribution in [0.2, 0.25) is 0 Å². The number of nitrogens with one attached hydrogen (secondary N) is 4. The molecule has 2 aromatic rings. The molecule has 10 nitrogen and oxygen atoms in total. The van der Waals surface area contributed by atoms with E-state index in [9.17, 15) is 9.59 Å². The molecule has 0 aliphatic carbocycles. The number of rotatable bonds is 5. The molecular weight excluding hydrogens is 288 g/mol. The Bertz CT molecular complexity index is 665. The first-order valence-electron chi connectivity index (χ1n) is 6.25. The molecule has 114 valence electrons. The van der Waals surface area contributed by atoms with Crippen LogP contribution in [0.4, 0.5) is 0 Å². The van der Waals surface area contributed by atoms with Gasteiger partial charge in [-0.15, -0.1) is 0 Å². The minimum atomic E-state index is -0.454. The Morgan fingerprint density at radius 3 is 1.68 bits per heavy atom. The summed E-state index contributed by atoms with van der Waals surface area (Å²) >= 11 is 0. The lowest BCUT2D eigenvalue weighted by Crippen LogP contribution is -2.19. The number of hydrazone groups is 2. The fourth-order valence-corrected chi connectivity index (χ4v) is 1.44. The molecule has 0 radical (unpaired) electrons. The third-order valence-electron chi connectivity index (χ3n) is 2.43. The highest BCUT2D eigenvalue weighted by atomic mass is 16.2. The van der Waals surface area contributed by atoms with Crippen molar-refractivity contribution in [1.82, 2.24) is 31.2 Å². The van der Waals surface area contributed by atoms with E-state index in [0.29, 0.717) is 0 Å². The lowest BCUT2D eigenvalue weighted by atomic mass is 10.4. The lowest BCUT2D eigenvalue weighted by molar-refractivity contribution is 0.0941. The minimum absolute atomic E-state index is 0.230. The van der Waals surface area contributed by atoms with Crippen LogP contribution < -0.4 is 10.9 Å². The minimum Gasteiger partial charge on any atom is -0.282 e. The van der Waals surface area contributed by atoms with E-state index in [4.69, 9.17) is 0 Å². The monoisotopic (exact) mass is 302 g/mol. The van der Waals surface area contributed by atoms with Gasteiger partial charge in [-0.3, -0.25) is 19.8 Å². The molecule has 0 saturated heterocycles. The molecule has 0 aromatic carbocycles. The Labute approximate surface area is 125 Å². The van der Waals surface area contributed by atoms with Crippen molar-refractivity contribution in [2.75, 3.05) is 0 Å². The molecule has 0 fully saturated rings. The highest BCUT2D eigenvalue weighted by molar-refractivity contribution is 6.16. The first-order valence-corrected chi connectivity index (χ1v) is 6.25. The third kappa shape index (κ3) is 4.10.